The van der Waals surface area contributed by atoms with E-state index in [1.54, 1.807) is 29.2 Å². The molecular formula is C22H20N2O6. The van der Waals surface area contributed by atoms with Crippen LogP contribution in [0.3, 0.4) is 0 Å². The Morgan fingerprint density at radius 3 is 2.60 bits per heavy atom. The van der Waals surface area contributed by atoms with E-state index in [0.29, 0.717) is 42.8 Å². The van der Waals surface area contributed by atoms with Gasteiger partial charge in [-0.1, -0.05) is 6.07 Å². The maximum atomic E-state index is 12.5. The van der Waals surface area contributed by atoms with Crippen LogP contribution in [0.5, 0.6) is 23.0 Å². The van der Waals surface area contributed by atoms with Gasteiger partial charge < -0.3 is 29.2 Å². The zero-order valence-corrected chi connectivity index (χ0v) is 16.1. The van der Waals surface area contributed by atoms with Gasteiger partial charge in [0.05, 0.1) is 6.04 Å². The Morgan fingerprint density at radius 1 is 0.967 bits per heavy atom. The van der Waals surface area contributed by atoms with Crippen LogP contribution in [0.4, 0.5) is 5.69 Å². The molecule has 3 heterocycles. The van der Waals surface area contributed by atoms with Crippen LogP contribution in [0, 0.1) is 0 Å². The van der Waals surface area contributed by atoms with Gasteiger partial charge in [0, 0.05) is 30.8 Å². The molecular weight excluding hydrogens is 388 g/mol. The van der Waals surface area contributed by atoms with Crippen LogP contribution in [-0.4, -0.2) is 44.4 Å². The number of amides is 2. The zero-order chi connectivity index (χ0) is 20.5. The molecule has 0 bridgehead atoms. The van der Waals surface area contributed by atoms with E-state index in [1.807, 2.05) is 18.2 Å². The highest BCUT2D eigenvalue weighted by atomic mass is 16.7. The summed E-state index contributed by atoms with van der Waals surface area (Å²) in [4.78, 5) is 26.5. The van der Waals surface area contributed by atoms with E-state index in [0.717, 1.165) is 11.3 Å². The van der Waals surface area contributed by atoms with Gasteiger partial charge in [0.1, 0.15) is 13.2 Å². The number of benzene rings is 2. The maximum absolute atomic E-state index is 12.5. The Kier molecular flexibility index (Phi) is 4.66. The van der Waals surface area contributed by atoms with E-state index in [4.69, 9.17) is 18.9 Å². The van der Waals surface area contributed by atoms with Gasteiger partial charge in [-0.05, 0) is 35.9 Å². The van der Waals surface area contributed by atoms with Crippen LogP contribution >= 0.6 is 0 Å². The van der Waals surface area contributed by atoms with E-state index in [-0.39, 0.29) is 31.1 Å². The van der Waals surface area contributed by atoms with Crippen LogP contribution in [0.1, 0.15) is 12.0 Å². The number of carbonyl (C=O) groups is 2. The van der Waals surface area contributed by atoms with Crippen molar-refractivity contribution in [2.24, 2.45) is 0 Å². The predicted molar refractivity (Wildman–Crippen MR) is 108 cm³/mol. The Labute approximate surface area is 173 Å². The molecule has 8 heteroatoms. The SMILES string of the molecule is O=C(/C=C\c1ccc2c(c1)OCO2)NC1CC(=O)N(c2ccc3c(c2)OCCO3)C1. The second kappa shape index (κ2) is 7.62. The fourth-order valence-electron chi connectivity index (χ4n) is 3.69. The van der Waals surface area contributed by atoms with Crippen molar-refractivity contribution in [3.8, 4) is 23.0 Å². The van der Waals surface area contributed by atoms with Crippen molar-refractivity contribution in [2.75, 3.05) is 31.5 Å². The van der Waals surface area contributed by atoms with Crippen molar-refractivity contribution >= 4 is 23.6 Å². The topological polar surface area (TPSA) is 86.3 Å². The molecule has 1 fully saturated rings. The highest BCUT2D eigenvalue weighted by Gasteiger charge is 2.32. The first-order valence-corrected chi connectivity index (χ1v) is 9.74. The van der Waals surface area contributed by atoms with Crippen LogP contribution in [0.2, 0.25) is 0 Å². The number of fused-ring (bicyclic) bond motifs is 2. The predicted octanol–water partition coefficient (Wildman–Crippen LogP) is 2.12. The van der Waals surface area contributed by atoms with Gasteiger partial charge in [0.25, 0.3) is 0 Å². The molecule has 3 aliphatic rings. The van der Waals surface area contributed by atoms with Gasteiger partial charge in [-0.3, -0.25) is 9.59 Å². The standard InChI is InChI=1S/C22H20N2O6/c25-21(6-2-14-1-4-18-19(9-14)30-13-29-18)23-15-10-22(26)24(12-15)16-3-5-17-20(11-16)28-8-7-27-17/h1-6,9,11,15H,7-8,10,12-13H2,(H,23,25)/b6-2-. The highest BCUT2D eigenvalue weighted by Crippen LogP contribution is 2.35. The molecule has 0 aromatic heterocycles. The lowest BCUT2D eigenvalue weighted by atomic mass is 10.2. The minimum Gasteiger partial charge on any atom is -0.486 e. The summed E-state index contributed by atoms with van der Waals surface area (Å²) in [5.74, 6) is 2.36. The Morgan fingerprint density at radius 2 is 1.70 bits per heavy atom. The number of ether oxygens (including phenoxy) is 4. The highest BCUT2D eigenvalue weighted by molar-refractivity contribution is 5.98. The molecule has 30 heavy (non-hydrogen) atoms. The van der Waals surface area contributed by atoms with Gasteiger partial charge in [-0.25, -0.2) is 0 Å². The number of nitrogens with zero attached hydrogens (tertiary/aromatic N) is 1. The van der Waals surface area contributed by atoms with Crippen LogP contribution < -0.4 is 29.2 Å². The lowest BCUT2D eigenvalue weighted by molar-refractivity contribution is -0.117. The van der Waals surface area contributed by atoms with E-state index >= 15 is 0 Å². The molecule has 0 aliphatic carbocycles. The van der Waals surface area contributed by atoms with Gasteiger partial charge in [-0.15, -0.1) is 0 Å². The number of rotatable bonds is 4. The summed E-state index contributed by atoms with van der Waals surface area (Å²) in [6.07, 6.45) is 3.40. The Hall–Kier alpha value is -3.68. The third-order valence-electron chi connectivity index (χ3n) is 5.13. The molecule has 154 valence electrons. The summed E-state index contributed by atoms with van der Waals surface area (Å²) in [5.41, 5.74) is 1.56. The molecule has 5 rings (SSSR count). The van der Waals surface area contributed by atoms with Crippen molar-refractivity contribution in [3.63, 3.8) is 0 Å². The maximum Gasteiger partial charge on any atom is 0.244 e. The molecule has 0 radical (unpaired) electrons. The minimum atomic E-state index is -0.264. The third kappa shape index (κ3) is 3.63. The molecule has 0 saturated carbocycles. The summed E-state index contributed by atoms with van der Waals surface area (Å²) >= 11 is 0. The van der Waals surface area contributed by atoms with E-state index < -0.39 is 0 Å². The van der Waals surface area contributed by atoms with Crippen molar-refractivity contribution < 1.29 is 28.5 Å². The van der Waals surface area contributed by atoms with Gasteiger partial charge in [0.15, 0.2) is 23.0 Å². The molecule has 1 atom stereocenters. The molecule has 1 saturated heterocycles. The zero-order valence-electron chi connectivity index (χ0n) is 16.1. The summed E-state index contributed by atoms with van der Waals surface area (Å²) in [6.45, 7) is 1.61. The molecule has 2 aromatic carbocycles. The molecule has 0 spiro atoms. The van der Waals surface area contributed by atoms with Gasteiger partial charge in [0.2, 0.25) is 18.6 Å². The molecule has 8 nitrogen and oxygen atoms in total. The first-order chi connectivity index (χ1) is 14.7. The van der Waals surface area contributed by atoms with E-state index in [1.165, 1.54) is 6.08 Å². The second-order valence-corrected chi connectivity index (χ2v) is 7.19. The molecule has 1 unspecified atom stereocenters. The molecule has 3 aliphatic heterocycles. The third-order valence-corrected chi connectivity index (χ3v) is 5.13. The largest absolute Gasteiger partial charge is 0.486 e. The monoisotopic (exact) mass is 408 g/mol. The Bertz CT molecular complexity index is 1030. The van der Waals surface area contributed by atoms with Crippen molar-refractivity contribution in [1.82, 2.24) is 5.32 Å². The summed E-state index contributed by atoms with van der Waals surface area (Å²) in [5, 5.41) is 2.89. The average Bonchev–Trinajstić information content (AvgIpc) is 3.37. The van der Waals surface area contributed by atoms with Crippen molar-refractivity contribution in [2.45, 2.75) is 12.5 Å². The first kappa shape index (κ1) is 18.4. The first-order valence-electron chi connectivity index (χ1n) is 9.74. The van der Waals surface area contributed by atoms with E-state index in [9.17, 15) is 9.59 Å². The fraction of sp³-hybridized carbons (Fsp3) is 0.273. The van der Waals surface area contributed by atoms with Crippen LogP contribution in [-0.2, 0) is 9.59 Å². The number of nitrogens with one attached hydrogen (secondary N) is 1. The Balaban J connectivity index is 1.21. The molecule has 2 amide bonds. The number of anilines is 1. The average molecular weight is 408 g/mol. The summed E-state index contributed by atoms with van der Waals surface area (Å²) < 4.78 is 21.7. The molecule has 1 N–H and O–H groups in total. The smallest absolute Gasteiger partial charge is 0.244 e. The second-order valence-electron chi connectivity index (χ2n) is 7.19. The lowest BCUT2D eigenvalue weighted by Crippen LogP contribution is -2.36. The van der Waals surface area contributed by atoms with Crippen LogP contribution in [0.25, 0.3) is 6.08 Å². The minimum absolute atomic E-state index is 0.0447. The summed E-state index contributed by atoms with van der Waals surface area (Å²) in [6, 6.07) is 10.6. The van der Waals surface area contributed by atoms with Crippen molar-refractivity contribution in [3.05, 3.63) is 48.0 Å². The normalized spacial score (nSPS) is 19.4. The fourth-order valence-corrected chi connectivity index (χ4v) is 3.69. The lowest BCUT2D eigenvalue weighted by Gasteiger charge is -2.22. The van der Waals surface area contributed by atoms with Gasteiger partial charge in [-0.2, -0.15) is 0 Å². The number of hydrogen-bond acceptors (Lipinski definition) is 6. The van der Waals surface area contributed by atoms with E-state index in [2.05, 4.69) is 5.32 Å². The molecule has 2 aromatic rings. The summed E-state index contributed by atoms with van der Waals surface area (Å²) in [7, 11) is 0. The number of carbonyl (C=O) groups excluding carboxylic acids is 2. The quantitative estimate of drug-likeness (QED) is 0.780. The van der Waals surface area contributed by atoms with Gasteiger partial charge >= 0.3 is 0 Å². The van der Waals surface area contributed by atoms with Crippen LogP contribution in [0.15, 0.2) is 42.5 Å². The number of hydrogen-bond donors (Lipinski definition) is 1. The van der Waals surface area contributed by atoms with Crippen molar-refractivity contribution in [1.29, 1.82) is 0 Å².